The monoisotopic (exact) mass is 297 g/mol. The SMILES string of the molecule is CC(C)(C)Nc1nc(NCc2cccnc2)cc(C2CC2)n1. The van der Waals surface area contributed by atoms with E-state index in [1.54, 1.807) is 6.20 Å². The lowest BCUT2D eigenvalue weighted by atomic mass is 10.1. The summed E-state index contributed by atoms with van der Waals surface area (Å²) in [6, 6.07) is 6.07. The Kier molecular flexibility index (Phi) is 3.96. The van der Waals surface area contributed by atoms with Crippen LogP contribution in [0.5, 0.6) is 0 Å². The summed E-state index contributed by atoms with van der Waals surface area (Å²) in [4.78, 5) is 13.4. The molecule has 2 aromatic heterocycles. The first kappa shape index (κ1) is 14.8. The van der Waals surface area contributed by atoms with Crippen LogP contribution < -0.4 is 10.6 Å². The van der Waals surface area contributed by atoms with Gasteiger partial charge in [0.05, 0.1) is 5.69 Å². The third-order valence-corrected chi connectivity index (χ3v) is 3.42. The quantitative estimate of drug-likeness (QED) is 0.883. The number of pyridine rings is 1. The third-order valence-electron chi connectivity index (χ3n) is 3.42. The fourth-order valence-electron chi connectivity index (χ4n) is 2.23. The Balaban J connectivity index is 1.77. The Morgan fingerprint density at radius 3 is 2.68 bits per heavy atom. The number of aromatic nitrogens is 3. The van der Waals surface area contributed by atoms with Gasteiger partial charge in [0.1, 0.15) is 5.82 Å². The predicted molar refractivity (Wildman–Crippen MR) is 88.9 cm³/mol. The van der Waals surface area contributed by atoms with Gasteiger partial charge in [-0.3, -0.25) is 4.98 Å². The maximum atomic E-state index is 4.66. The molecule has 0 unspecified atom stereocenters. The zero-order valence-corrected chi connectivity index (χ0v) is 13.4. The number of nitrogens with zero attached hydrogens (tertiary/aromatic N) is 3. The molecule has 116 valence electrons. The molecule has 1 saturated carbocycles. The summed E-state index contributed by atoms with van der Waals surface area (Å²) in [7, 11) is 0. The standard InChI is InChI=1S/C17H23N5/c1-17(2,3)22-16-20-14(13-6-7-13)9-15(21-16)19-11-12-5-4-8-18-10-12/h4-5,8-10,13H,6-7,11H2,1-3H3,(H2,19,20,21,22). The highest BCUT2D eigenvalue weighted by Crippen LogP contribution is 2.40. The van der Waals surface area contributed by atoms with Crippen molar-refractivity contribution in [1.29, 1.82) is 0 Å². The summed E-state index contributed by atoms with van der Waals surface area (Å²) in [5.41, 5.74) is 2.22. The van der Waals surface area contributed by atoms with Crippen LogP contribution in [0.2, 0.25) is 0 Å². The van der Waals surface area contributed by atoms with Crippen molar-refractivity contribution in [1.82, 2.24) is 15.0 Å². The molecule has 3 rings (SSSR count). The summed E-state index contributed by atoms with van der Waals surface area (Å²) in [5, 5.41) is 6.75. The molecule has 0 spiro atoms. The third kappa shape index (κ3) is 4.16. The van der Waals surface area contributed by atoms with Gasteiger partial charge in [0, 0.05) is 36.5 Å². The average molecular weight is 297 g/mol. The molecule has 2 N–H and O–H groups in total. The first-order valence-electron chi connectivity index (χ1n) is 7.79. The largest absolute Gasteiger partial charge is 0.366 e. The zero-order valence-electron chi connectivity index (χ0n) is 13.4. The molecule has 5 heteroatoms. The summed E-state index contributed by atoms with van der Waals surface area (Å²) in [6.45, 7) is 7.05. The fourth-order valence-corrected chi connectivity index (χ4v) is 2.23. The van der Waals surface area contributed by atoms with Gasteiger partial charge in [0.15, 0.2) is 0 Å². The smallest absolute Gasteiger partial charge is 0.225 e. The van der Waals surface area contributed by atoms with Crippen LogP contribution in [0.15, 0.2) is 30.6 Å². The van der Waals surface area contributed by atoms with Gasteiger partial charge in [-0.2, -0.15) is 4.98 Å². The molecule has 0 aliphatic heterocycles. The molecule has 1 aliphatic carbocycles. The Labute approximate surface area is 131 Å². The van der Waals surface area contributed by atoms with Crippen molar-refractivity contribution in [3.63, 3.8) is 0 Å². The second kappa shape index (κ2) is 5.91. The van der Waals surface area contributed by atoms with Crippen LogP contribution >= 0.6 is 0 Å². The fraction of sp³-hybridized carbons (Fsp3) is 0.471. The summed E-state index contributed by atoms with van der Waals surface area (Å²) in [5.74, 6) is 2.17. The molecular formula is C17H23N5. The van der Waals surface area contributed by atoms with Crippen LogP contribution in [-0.4, -0.2) is 20.5 Å². The van der Waals surface area contributed by atoms with E-state index >= 15 is 0 Å². The van der Waals surface area contributed by atoms with E-state index in [4.69, 9.17) is 0 Å². The number of hydrogen-bond acceptors (Lipinski definition) is 5. The van der Waals surface area contributed by atoms with Crippen LogP contribution in [-0.2, 0) is 6.54 Å². The Morgan fingerprint density at radius 2 is 2.05 bits per heavy atom. The molecule has 22 heavy (non-hydrogen) atoms. The number of rotatable bonds is 5. The lowest BCUT2D eigenvalue weighted by Gasteiger charge is -2.21. The normalized spacial score (nSPS) is 14.7. The average Bonchev–Trinajstić information content (AvgIpc) is 3.29. The summed E-state index contributed by atoms with van der Waals surface area (Å²) < 4.78 is 0. The van der Waals surface area contributed by atoms with Crippen LogP contribution in [0.4, 0.5) is 11.8 Å². The van der Waals surface area contributed by atoms with E-state index in [-0.39, 0.29) is 5.54 Å². The van der Waals surface area contributed by atoms with E-state index in [1.807, 2.05) is 12.3 Å². The van der Waals surface area contributed by atoms with Crippen LogP contribution in [0.3, 0.4) is 0 Å². The van der Waals surface area contributed by atoms with Crippen LogP contribution in [0.25, 0.3) is 0 Å². The second-order valence-electron chi connectivity index (χ2n) is 6.87. The van der Waals surface area contributed by atoms with Crippen molar-refractivity contribution in [3.05, 3.63) is 41.9 Å². The zero-order chi connectivity index (χ0) is 15.6. The number of hydrogen-bond donors (Lipinski definition) is 2. The summed E-state index contributed by atoms with van der Waals surface area (Å²) >= 11 is 0. The van der Waals surface area contributed by atoms with E-state index in [0.717, 1.165) is 17.1 Å². The lowest BCUT2D eigenvalue weighted by molar-refractivity contribution is 0.625. The number of anilines is 2. The molecule has 2 aromatic rings. The molecule has 0 amide bonds. The highest BCUT2D eigenvalue weighted by atomic mass is 15.2. The van der Waals surface area contributed by atoms with Crippen molar-refractivity contribution >= 4 is 11.8 Å². The molecular weight excluding hydrogens is 274 g/mol. The molecule has 1 fully saturated rings. The Bertz CT molecular complexity index is 629. The Hall–Kier alpha value is -2.17. The van der Waals surface area contributed by atoms with Gasteiger partial charge in [-0.15, -0.1) is 0 Å². The molecule has 1 aliphatic rings. The van der Waals surface area contributed by atoms with Gasteiger partial charge < -0.3 is 10.6 Å². The van der Waals surface area contributed by atoms with Crippen molar-refractivity contribution in [2.75, 3.05) is 10.6 Å². The topological polar surface area (TPSA) is 62.7 Å². The van der Waals surface area contributed by atoms with Crippen molar-refractivity contribution in [2.24, 2.45) is 0 Å². The minimum atomic E-state index is -0.0528. The Morgan fingerprint density at radius 1 is 1.23 bits per heavy atom. The van der Waals surface area contributed by atoms with E-state index in [9.17, 15) is 0 Å². The van der Waals surface area contributed by atoms with Crippen LogP contribution in [0, 0.1) is 0 Å². The van der Waals surface area contributed by atoms with Gasteiger partial charge in [-0.05, 0) is 45.2 Å². The van der Waals surface area contributed by atoms with Crippen molar-refractivity contribution in [3.8, 4) is 0 Å². The maximum absolute atomic E-state index is 4.66. The highest BCUT2D eigenvalue weighted by molar-refractivity contribution is 5.45. The minimum Gasteiger partial charge on any atom is -0.366 e. The van der Waals surface area contributed by atoms with Crippen molar-refractivity contribution in [2.45, 2.75) is 51.6 Å². The number of nitrogens with one attached hydrogen (secondary N) is 2. The van der Waals surface area contributed by atoms with E-state index in [0.29, 0.717) is 18.4 Å². The molecule has 0 bridgehead atoms. The second-order valence-corrected chi connectivity index (χ2v) is 6.87. The predicted octanol–water partition coefficient (Wildman–Crippen LogP) is 3.57. The van der Waals surface area contributed by atoms with E-state index < -0.39 is 0 Å². The van der Waals surface area contributed by atoms with Gasteiger partial charge in [0.25, 0.3) is 0 Å². The molecule has 0 radical (unpaired) electrons. The van der Waals surface area contributed by atoms with Crippen LogP contribution in [0.1, 0.15) is 50.8 Å². The van der Waals surface area contributed by atoms with Crippen molar-refractivity contribution < 1.29 is 0 Å². The van der Waals surface area contributed by atoms with Gasteiger partial charge in [-0.1, -0.05) is 6.07 Å². The van der Waals surface area contributed by atoms with Gasteiger partial charge in [-0.25, -0.2) is 4.98 Å². The lowest BCUT2D eigenvalue weighted by Crippen LogP contribution is -2.27. The first-order valence-corrected chi connectivity index (χ1v) is 7.79. The van der Waals surface area contributed by atoms with Gasteiger partial charge >= 0.3 is 0 Å². The first-order chi connectivity index (χ1) is 10.5. The molecule has 0 atom stereocenters. The minimum absolute atomic E-state index is 0.0528. The molecule has 2 heterocycles. The highest BCUT2D eigenvalue weighted by Gasteiger charge is 2.26. The molecule has 5 nitrogen and oxygen atoms in total. The maximum Gasteiger partial charge on any atom is 0.225 e. The van der Waals surface area contributed by atoms with E-state index in [2.05, 4.69) is 58.5 Å². The summed E-state index contributed by atoms with van der Waals surface area (Å²) in [6.07, 6.45) is 6.11. The molecule has 0 aromatic carbocycles. The van der Waals surface area contributed by atoms with Gasteiger partial charge in [0.2, 0.25) is 5.95 Å². The molecule has 0 saturated heterocycles. The van der Waals surface area contributed by atoms with E-state index in [1.165, 1.54) is 12.8 Å².